The molecule has 0 aliphatic heterocycles. The average molecular weight is 482 g/mol. The molecule has 0 aliphatic carbocycles. The normalized spacial score (nSPS) is 10.9. The van der Waals surface area contributed by atoms with Crippen LogP contribution in [0.5, 0.6) is 0 Å². The first-order chi connectivity index (χ1) is 15.5. The van der Waals surface area contributed by atoms with Crippen molar-refractivity contribution in [1.29, 1.82) is 0 Å². The lowest BCUT2D eigenvalue weighted by Gasteiger charge is -2.17. The van der Waals surface area contributed by atoms with Gasteiger partial charge in [-0.3, -0.25) is 19.8 Å². The molecule has 32 heavy (non-hydrogen) atoms. The van der Waals surface area contributed by atoms with E-state index >= 15 is 0 Å². The fourth-order valence-electron chi connectivity index (χ4n) is 2.78. The van der Waals surface area contributed by atoms with Crippen LogP contribution in [0.1, 0.15) is 12.6 Å². The van der Waals surface area contributed by atoms with Crippen molar-refractivity contribution >= 4 is 68.1 Å². The van der Waals surface area contributed by atoms with Crippen LogP contribution in [0, 0.1) is 0 Å². The lowest BCUT2D eigenvalue weighted by molar-refractivity contribution is -0.116. The molecule has 0 unspecified atom stereocenters. The lowest BCUT2D eigenvalue weighted by atomic mass is 10.2. The molecular weight excluding hydrogens is 466 g/mol. The van der Waals surface area contributed by atoms with E-state index in [1.165, 1.54) is 40.6 Å². The Morgan fingerprint density at radius 2 is 1.81 bits per heavy atom. The smallest absolute Gasteiger partial charge is 0.250 e. The van der Waals surface area contributed by atoms with Gasteiger partial charge in [-0.2, -0.15) is 0 Å². The van der Waals surface area contributed by atoms with E-state index in [0.29, 0.717) is 26.0 Å². The van der Waals surface area contributed by atoms with Gasteiger partial charge in [-0.25, -0.2) is 4.98 Å². The van der Waals surface area contributed by atoms with Gasteiger partial charge in [0.25, 0.3) is 0 Å². The van der Waals surface area contributed by atoms with Gasteiger partial charge in [0.1, 0.15) is 0 Å². The van der Waals surface area contributed by atoms with Crippen molar-refractivity contribution < 1.29 is 9.59 Å². The van der Waals surface area contributed by atoms with Crippen LogP contribution in [-0.2, 0) is 9.59 Å². The zero-order chi connectivity index (χ0) is 22.5. The molecule has 2 aromatic heterocycles. The summed E-state index contributed by atoms with van der Waals surface area (Å²) < 4.78 is 0. The fraction of sp³-hybridized carbons (Fsp3) is 0.0455. The van der Waals surface area contributed by atoms with E-state index in [4.69, 9.17) is 11.6 Å². The molecule has 0 spiro atoms. The van der Waals surface area contributed by atoms with Crippen molar-refractivity contribution in [3.63, 3.8) is 0 Å². The molecule has 160 valence electrons. The number of halogens is 1. The zero-order valence-corrected chi connectivity index (χ0v) is 19.1. The molecule has 0 radical (unpaired) electrons. The first-order valence-electron chi connectivity index (χ1n) is 9.40. The molecule has 0 saturated heterocycles. The number of nitrogens with one attached hydrogen (secondary N) is 1. The molecule has 0 bridgehead atoms. The number of amides is 2. The van der Waals surface area contributed by atoms with Gasteiger partial charge in [-0.1, -0.05) is 59.3 Å². The largest absolute Gasteiger partial charge is 0.297 e. The van der Waals surface area contributed by atoms with Crippen molar-refractivity contribution in [2.24, 2.45) is 0 Å². The minimum atomic E-state index is -0.368. The Morgan fingerprint density at radius 3 is 2.56 bits per heavy atom. The molecule has 0 fully saturated rings. The number of benzene rings is 2. The minimum Gasteiger partial charge on any atom is -0.297 e. The fourth-order valence-corrected chi connectivity index (χ4v) is 4.71. The summed E-state index contributed by atoms with van der Waals surface area (Å²) >= 11 is 8.73. The number of carbonyl (C=O) groups excluding carboxylic acids is 2. The maximum atomic E-state index is 12.3. The number of hydrogen-bond acceptors (Lipinski definition) is 7. The van der Waals surface area contributed by atoms with Gasteiger partial charge in [0, 0.05) is 23.9 Å². The summed E-state index contributed by atoms with van der Waals surface area (Å²) in [6, 6.07) is 16.6. The average Bonchev–Trinajstić information content (AvgIpc) is 3.43. The van der Waals surface area contributed by atoms with E-state index in [9.17, 15) is 9.59 Å². The molecule has 10 heteroatoms. The zero-order valence-electron chi connectivity index (χ0n) is 16.7. The molecule has 0 saturated carbocycles. The SMILES string of the molecule is CC(=O)N(c1ccccc1)c1nc(/C=C/C(=O)Nc2nnc(-c3ccccc3Cl)s2)cs1. The number of aromatic nitrogens is 3. The number of hydrogen-bond donors (Lipinski definition) is 1. The summed E-state index contributed by atoms with van der Waals surface area (Å²) in [6.07, 6.45) is 2.94. The summed E-state index contributed by atoms with van der Waals surface area (Å²) in [6.45, 7) is 1.48. The highest BCUT2D eigenvalue weighted by atomic mass is 35.5. The minimum absolute atomic E-state index is 0.149. The number of rotatable bonds is 6. The van der Waals surface area contributed by atoms with Crippen molar-refractivity contribution in [2.45, 2.75) is 6.92 Å². The molecule has 2 aromatic carbocycles. The highest BCUT2D eigenvalue weighted by Gasteiger charge is 2.17. The highest BCUT2D eigenvalue weighted by Crippen LogP contribution is 2.32. The number of anilines is 3. The third kappa shape index (κ3) is 5.08. The van der Waals surface area contributed by atoms with Gasteiger partial charge >= 0.3 is 0 Å². The molecule has 0 atom stereocenters. The maximum Gasteiger partial charge on any atom is 0.250 e. The summed E-state index contributed by atoms with van der Waals surface area (Å²) in [5, 5.41) is 14.6. The van der Waals surface area contributed by atoms with Gasteiger partial charge in [0.05, 0.1) is 16.4 Å². The number of thiazole rings is 1. The van der Waals surface area contributed by atoms with E-state index in [0.717, 1.165) is 11.3 Å². The van der Waals surface area contributed by atoms with Crippen LogP contribution < -0.4 is 10.2 Å². The Hall–Kier alpha value is -3.40. The maximum absolute atomic E-state index is 12.3. The first-order valence-corrected chi connectivity index (χ1v) is 11.5. The van der Waals surface area contributed by atoms with Gasteiger partial charge in [-0.05, 0) is 24.3 Å². The second-order valence-corrected chi connectivity index (χ2v) is 8.68. The second-order valence-electron chi connectivity index (χ2n) is 6.46. The molecule has 4 aromatic rings. The van der Waals surface area contributed by atoms with Crippen molar-refractivity contribution in [3.8, 4) is 10.6 Å². The molecule has 2 heterocycles. The molecule has 2 amide bonds. The standard InChI is InChI=1S/C22H16ClN5O2S2/c1-14(29)28(16-7-3-2-4-8-16)22-24-15(13-31-22)11-12-19(30)25-21-27-26-20(32-21)17-9-5-6-10-18(17)23/h2-13H,1H3,(H,25,27,30)/b12-11+. The van der Waals surface area contributed by atoms with E-state index in [1.54, 1.807) is 17.5 Å². The van der Waals surface area contributed by atoms with Gasteiger partial charge in [-0.15, -0.1) is 21.5 Å². The van der Waals surface area contributed by atoms with E-state index < -0.39 is 0 Å². The monoisotopic (exact) mass is 481 g/mol. The van der Waals surface area contributed by atoms with Gasteiger partial charge in [0.15, 0.2) is 10.1 Å². The Kier molecular flexibility index (Phi) is 6.69. The lowest BCUT2D eigenvalue weighted by Crippen LogP contribution is -2.22. The van der Waals surface area contributed by atoms with Crippen molar-refractivity contribution in [1.82, 2.24) is 15.2 Å². The third-order valence-electron chi connectivity index (χ3n) is 4.20. The van der Waals surface area contributed by atoms with Crippen LogP contribution in [0.15, 0.2) is 66.1 Å². The Morgan fingerprint density at radius 1 is 1.06 bits per heavy atom. The Balaban J connectivity index is 1.43. The first kappa shape index (κ1) is 21.8. The Bertz CT molecular complexity index is 1290. The Labute approximate surface area is 197 Å². The van der Waals surface area contributed by atoms with E-state index in [-0.39, 0.29) is 11.8 Å². The van der Waals surface area contributed by atoms with E-state index in [1.807, 2.05) is 48.5 Å². The highest BCUT2D eigenvalue weighted by molar-refractivity contribution is 7.18. The molecule has 1 N–H and O–H groups in total. The summed E-state index contributed by atoms with van der Waals surface area (Å²) in [4.78, 5) is 30.4. The van der Waals surface area contributed by atoms with Crippen LogP contribution in [0.4, 0.5) is 16.0 Å². The summed E-state index contributed by atoms with van der Waals surface area (Å²) in [5.41, 5.74) is 2.05. The molecule has 0 aliphatic rings. The molecule has 7 nitrogen and oxygen atoms in total. The topological polar surface area (TPSA) is 88.1 Å². The van der Waals surface area contributed by atoms with Crippen LogP contribution in [0.25, 0.3) is 16.6 Å². The molecular formula is C22H16ClN5O2S2. The second kappa shape index (κ2) is 9.82. The van der Waals surface area contributed by atoms with E-state index in [2.05, 4.69) is 20.5 Å². The van der Waals surface area contributed by atoms with Gasteiger partial charge in [0.2, 0.25) is 16.9 Å². The predicted molar refractivity (Wildman–Crippen MR) is 129 cm³/mol. The van der Waals surface area contributed by atoms with Crippen molar-refractivity contribution in [2.75, 3.05) is 10.2 Å². The predicted octanol–water partition coefficient (Wildman–Crippen LogP) is 5.65. The van der Waals surface area contributed by atoms with Gasteiger partial charge < -0.3 is 0 Å². The quantitative estimate of drug-likeness (QED) is 0.359. The number of nitrogens with zero attached hydrogens (tertiary/aromatic N) is 4. The van der Waals surface area contributed by atoms with Crippen LogP contribution in [-0.4, -0.2) is 27.0 Å². The molecule has 4 rings (SSSR count). The third-order valence-corrected chi connectivity index (χ3v) is 6.24. The summed E-state index contributed by atoms with van der Waals surface area (Å²) in [5.74, 6) is -0.516. The van der Waals surface area contributed by atoms with Crippen LogP contribution >= 0.6 is 34.3 Å². The summed E-state index contributed by atoms with van der Waals surface area (Å²) in [7, 11) is 0. The van der Waals surface area contributed by atoms with Crippen LogP contribution in [0.3, 0.4) is 0 Å². The number of para-hydroxylation sites is 1. The van der Waals surface area contributed by atoms with Crippen molar-refractivity contribution in [3.05, 3.63) is 76.8 Å². The van der Waals surface area contributed by atoms with Crippen LogP contribution in [0.2, 0.25) is 5.02 Å². The number of carbonyl (C=O) groups is 2.